The molecular weight excluding hydrogens is 418 g/mol. The standard InChI is InChI=1S/C24H24ClNO5/c1-14-12-16(7-10-19(14)30-2)22(27)20-21(15-5-8-17(25)9-6-15)26(24(29)23(20)28)13-18-4-3-11-31-18/h5-10,12,18,21,27H,3-4,11,13H2,1-2H3/b22-20-. The van der Waals surface area contributed by atoms with Gasteiger partial charge in [0, 0.05) is 23.7 Å². The largest absolute Gasteiger partial charge is 0.507 e. The molecule has 0 spiro atoms. The number of ketones is 1. The van der Waals surface area contributed by atoms with E-state index >= 15 is 0 Å². The molecule has 2 fully saturated rings. The highest BCUT2D eigenvalue weighted by molar-refractivity contribution is 6.46. The highest BCUT2D eigenvalue weighted by atomic mass is 35.5. The van der Waals surface area contributed by atoms with Gasteiger partial charge in [-0.05, 0) is 61.2 Å². The Hall–Kier alpha value is -2.83. The average molecular weight is 442 g/mol. The monoisotopic (exact) mass is 441 g/mol. The van der Waals surface area contributed by atoms with E-state index < -0.39 is 17.7 Å². The van der Waals surface area contributed by atoms with Crippen molar-refractivity contribution in [3.05, 3.63) is 69.8 Å². The van der Waals surface area contributed by atoms with E-state index in [1.165, 1.54) is 4.90 Å². The second kappa shape index (κ2) is 8.73. The van der Waals surface area contributed by atoms with Crippen LogP contribution in [0.25, 0.3) is 5.76 Å². The number of carbonyl (C=O) groups excluding carboxylic acids is 2. The first kappa shape index (κ1) is 21.4. The van der Waals surface area contributed by atoms with Crippen molar-refractivity contribution in [3.63, 3.8) is 0 Å². The first-order valence-electron chi connectivity index (χ1n) is 10.2. The maximum Gasteiger partial charge on any atom is 0.295 e. The van der Waals surface area contributed by atoms with Crippen molar-refractivity contribution in [2.45, 2.75) is 31.9 Å². The van der Waals surface area contributed by atoms with Gasteiger partial charge in [0.25, 0.3) is 11.7 Å². The maximum absolute atomic E-state index is 13.1. The van der Waals surface area contributed by atoms with E-state index in [0.717, 1.165) is 18.4 Å². The summed E-state index contributed by atoms with van der Waals surface area (Å²) in [5.41, 5.74) is 2.03. The van der Waals surface area contributed by atoms with Crippen LogP contribution in [0.5, 0.6) is 5.75 Å². The van der Waals surface area contributed by atoms with Crippen molar-refractivity contribution in [3.8, 4) is 5.75 Å². The second-order valence-corrected chi connectivity index (χ2v) is 8.26. The summed E-state index contributed by atoms with van der Waals surface area (Å²) in [7, 11) is 1.57. The quantitative estimate of drug-likeness (QED) is 0.426. The van der Waals surface area contributed by atoms with E-state index in [9.17, 15) is 14.7 Å². The van der Waals surface area contributed by atoms with Crippen LogP contribution in [-0.2, 0) is 14.3 Å². The molecule has 2 saturated heterocycles. The van der Waals surface area contributed by atoms with Crippen LogP contribution in [-0.4, -0.2) is 48.1 Å². The summed E-state index contributed by atoms with van der Waals surface area (Å²) >= 11 is 6.05. The molecule has 162 valence electrons. The SMILES string of the molecule is COc1ccc(/C(O)=C2/C(=O)C(=O)N(CC3CCCO3)C2c2ccc(Cl)cc2)cc1C. The third-order valence-electron chi connectivity index (χ3n) is 5.82. The van der Waals surface area contributed by atoms with E-state index in [0.29, 0.717) is 28.5 Å². The first-order chi connectivity index (χ1) is 14.9. The third-order valence-corrected chi connectivity index (χ3v) is 6.07. The Balaban J connectivity index is 1.82. The summed E-state index contributed by atoms with van der Waals surface area (Å²) in [6.07, 6.45) is 1.62. The minimum absolute atomic E-state index is 0.0647. The highest BCUT2D eigenvalue weighted by Gasteiger charge is 2.47. The Labute approximate surface area is 186 Å². The van der Waals surface area contributed by atoms with Crippen LogP contribution in [0.1, 0.15) is 35.6 Å². The zero-order valence-electron chi connectivity index (χ0n) is 17.4. The number of benzene rings is 2. The van der Waals surface area contributed by atoms with Crippen LogP contribution >= 0.6 is 11.6 Å². The second-order valence-electron chi connectivity index (χ2n) is 7.82. The number of Topliss-reactive ketones (excluding diaryl/α,β-unsaturated/α-hetero) is 1. The average Bonchev–Trinajstić information content (AvgIpc) is 3.36. The van der Waals surface area contributed by atoms with Gasteiger partial charge in [-0.25, -0.2) is 0 Å². The molecule has 1 N–H and O–H groups in total. The van der Waals surface area contributed by atoms with Gasteiger partial charge in [-0.3, -0.25) is 9.59 Å². The molecule has 0 saturated carbocycles. The number of hydrogen-bond donors (Lipinski definition) is 1. The number of methoxy groups -OCH3 is 1. The fourth-order valence-corrected chi connectivity index (χ4v) is 4.37. The molecule has 2 aliphatic rings. The summed E-state index contributed by atoms with van der Waals surface area (Å²) in [5, 5.41) is 11.7. The molecule has 0 aromatic heterocycles. The zero-order chi connectivity index (χ0) is 22.1. The van der Waals surface area contributed by atoms with Gasteiger partial charge in [0.15, 0.2) is 0 Å². The Morgan fingerprint density at radius 3 is 2.58 bits per heavy atom. The number of rotatable bonds is 5. The predicted octanol–water partition coefficient (Wildman–Crippen LogP) is 4.26. The number of aryl methyl sites for hydroxylation is 1. The van der Waals surface area contributed by atoms with Crippen molar-refractivity contribution < 1.29 is 24.2 Å². The number of aliphatic hydroxyl groups excluding tert-OH is 1. The van der Waals surface area contributed by atoms with Gasteiger partial charge in [-0.15, -0.1) is 0 Å². The summed E-state index contributed by atoms with van der Waals surface area (Å²) in [6.45, 7) is 2.78. The normalized spacial score (nSPS) is 22.9. The molecule has 2 aliphatic heterocycles. The fourth-order valence-electron chi connectivity index (χ4n) is 4.25. The van der Waals surface area contributed by atoms with Crippen LogP contribution in [0.15, 0.2) is 48.0 Å². The van der Waals surface area contributed by atoms with Crippen LogP contribution in [0, 0.1) is 6.92 Å². The molecule has 4 rings (SSSR count). The number of hydrogen-bond acceptors (Lipinski definition) is 5. The molecule has 2 heterocycles. The molecular formula is C24H24ClNO5. The molecule has 7 heteroatoms. The third kappa shape index (κ3) is 4.05. The van der Waals surface area contributed by atoms with Gasteiger partial charge in [0.05, 0.1) is 24.8 Å². The van der Waals surface area contributed by atoms with Crippen LogP contribution in [0.2, 0.25) is 5.02 Å². The number of amides is 1. The number of ether oxygens (including phenoxy) is 2. The predicted molar refractivity (Wildman–Crippen MR) is 117 cm³/mol. The lowest BCUT2D eigenvalue weighted by molar-refractivity contribution is -0.140. The number of carbonyl (C=O) groups is 2. The van der Waals surface area contributed by atoms with Gasteiger partial charge >= 0.3 is 0 Å². The Morgan fingerprint density at radius 2 is 1.97 bits per heavy atom. The zero-order valence-corrected chi connectivity index (χ0v) is 18.2. The molecule has 1 amide bonds. The van der Waals surface area contributed by atoms with Crippen LogP contribution in [0.3, 0.4) is 0 Å². The van der Waals surface area contributed by atoms with E-state index in [1.807, 2.05) is 6.92 Å². The van der Waals surface area contributed by atoms with E-state index in [4.69, 9.17) is 21.1 Å². The molecule has 31 heavy (non-hydrogen) atoms. The Morgan fingerprint density at radius 1 is 1.23 bits per heavy atom. The first-order valence-corrected chi connectivity index (χ1v) is 10.6. The van der Waals surface area contributed by atoms with Crippen molar-refractivity contribution >= 4 is 29.1 Å². The van der Waals surface area contributed by atoms with Crippen molar-refractivity contribution in [1.82, 2.24) is 4.90 Å². The smallest absolute Gasteiger partial charge is 0.295 e. The molecule has 6 nitrogen and oxygen atoms in total. The number of aliphatic hydroxyl groups is 1. The lowest BCUT2D eigenvalue weighted by atomic mass is 9.94. The van der Waals surface area contributed by atoms with Crippen molar-refractivity contribution in [2.75, 3.05) is 20.3 Å². The minimum Gasteiger partial charge on any atom is -0.507 e. The number of nitrogens with zero attached hydrogens (tertiary/aromatic N) is 1. The number of halogens is 1. The summed E-state index contributed by atoms with van der Waals surface area (Å²) < 4.78 is 11.0. The maximum atomic E-state index is 13.1. The van der Waals surface area contributed by atoms with E-state index in [-0.39, 0.29) is 24.0 Å². The minimum atomic E-state index is -0.719. The summed E-state index contributed by atoms with van der Waals surface area (Å²) in [5.74, 6) is -0.880. The van der Waals surface area contributed by atoms with Gasteiger partial charge in [0.2, 0.25) is 0 Å². The molecule has 2 aromatic rings. The van der Waals surface area contributed by atoms with Crippen molar-refractivity contribution in [2.24, 2.45) is 0 Å². The molecule has 2 unspecified atom stereocenters. The Kier molecular flexibility index (Phi) is 6.03. The Bertz CT molecular complexity index is 1040. The van der Waals surface area contributed by atoms with Gasteiger partial charge < -0.3 is 19.5 Å². The van der Waals surface area contributed by atoms with Crippen molar-refractivity contribution in [1.29, 1.82) is 0 Å². The molecule has 0 radical (unpaired) electrons. The number of likely N-dealkylation sites (tertiary alicyclic amines) is 1. The lowest BCUT2D eigenvalue weighted by Crippen LogP contribution is -2.36. The lowest BCUT2D eigenvalue weighted by Gasteiger charge is -2.27. The van der Waals surface area contributed by atoms with E-state index in [2.05, 4.69) is 0 Å². The van der Waals surface area contributed by atoms with Gasteiger partial charge in [0.1, 0.15) is 11.5 Å². The van der Waals surface area contributed by atoms with Crippen LogP contribution < -0.4 is 4.74 Å². The summed E-state index contributed by atoms with van der Waals surface area (Å²) in [6, 6.07) is 11.4. The molecule has 2 aromatic carbocycles. The van der Waals surface area contributed by atoms with Gasteiger partial charge in [-0.2, -0.15) is 0 Å². The molecule has 0 bridgehead atoms. The van der Waals surface area contributed by atoms with Crippen LogP contribution in [0.4, 0.5) is 0 Å². The topological polar surface area (TPSA) is 76.1 Å². The summed E-state index contributed by atoms with van der Waals surface area (Å²) in [4.78, 5) is 27.6. The highest BCUT2D eigenvalue weighted by Crippen LogP contribution is 2.40. The van der Waals surface area contributed by atoms with E-state index in [1.54, 1.807) is 49.6 Å². The molecule has 0 aliphatic carbocycles. The van der Waals surface area contributed by atoms with Gasteiger partial charge in [-0.1, -0.05) is 23.7 Å². The fraction of sp³-hybridized carbons (Fsp3) is 0.333. The molecule has 2 atom stereocenters.